The van der Waals surface area contributed by atoms with Crippen molar-refractivity contribution < 1.29 is 9.53 Å². The van der Waals surface area contributed by atoms with E-state index in [0.717, 1.165) is 24.2 Å². The number of piperidine rings is 1. The van der Waals surface area contributed by atoms with E-state index in [1.807, 2.05) is 53.4 Å². The fourth-order valence-electron chi connectivity index (χ4n) is 3.33. The van der Waals surface area contributed by atoms with Gasteiger partial charge < -0.3 is 9.64 Å². The van der Waals surface area contributed by atoms with Gasteiger partial charge in [0.05, 0.1) is 7.05 Å². The van der Waals surface area contributed by atoms with Gasteiger partial charge in [-0.1, -0.05) is 29.8 Å². The van der Waals surface area contributed by atoms with Crippen molar-refractivity contribution in [1.82, 2.24) is 25.1 Å². The lowest BCUT2D eigenvalue weighted by molar-refractivity contribution is 0.0595. The first-order valence-corrected chi connectivity index (χ1v) is 9.45. The average molecular weight is 377 g/mol. The van der Waals surface area contributed by atoms with Gasteiger partial charge in [0.2, 0.25) is 5.82 Å². The summed E-state index contributed by atoms with van der Waals surface area (Å²) in [5.74, 6) is 1.49. The normalized spacial score (nSPS) is 14.9. The molecule has 1 saturated heterocycles. The van der Waals surface area contributed by atoms with Gasteiger partial charge >= 0.3 is 0 Å². The lowest BCUT2D eigenvalue weighted by Gasteiger charge is -2.32. The van der Waals surface area contributed by atoms with Gasteiger partial charge in [-0.05, 0) is 36.4 Å². The predicted molar refractivity (Wildman–Crippen MR) is 105 cm³/mol. The summed E-state index contributed by atoms with van der Waals surface area (Å²) in [4.78, 5) is 16.1. The third-order valence-corrected chi connectivity index (χ3v) is 4.95. The van der Waals surface area contributed by atoms with Crippen molar-refractivity contribution >= 4 is 5.91 Å². The molecule has 1 amide bonds. The van der Waals surface area contributed by atoms with Gasteiger partial charge in [0.1, 0.15) is 11.9 Å². The second-order valence-corrected chi connectivity index (χ2v) is 7.10. The first-order chi connectivity index (χ1) is 13.6. The summed E-state index contributed by atoms with van der Waals surface area (Å²) in [7, 11) is 1.72. The van der Waals surface area contributed by atoms with E-state index in [0.29, 0.717) is 24.5 Å². The van der Waals surface area contributed by atoms with E-state index in [-0.39, 0.29) is 12.0 Å². The highest BCUT2D eigenvalue weighted by Crippen LogP contribution is 2.21. The van der Waals surface area contributed by atoms with Crippen LogP contribution in [0.15, 0.2) is 48.5 Å². The van der Waals surface area contributed by atoms with Crippen molar-refractivity contribution in [2.45, 2.75) is 25.9 Å². The molecule has 0 atom stereocenters. The Morgan fingerprint density at radius 2 is 1.71 bits per heavy atom. The molecule has 7 nitrogen and oxygen atoms in total. The molecule has 0 aliphatic carbocycles. The Labute approximate surface area is 163 Å². The fraction of sp³-hybridized carbons (Fsp3) is 0.333. The zero-order valence-electron chi connectivity index (χ0n) is 16.1. The van der Waals surface area contributed by atoms with E-state index >= 15 is 0 Å². The molecule has 1 aromatic heterocycles. The van der Waals surface area contributed by atoms with Crippen molar-refractivity contribution in [3.8, 4) is 17.1 Å². The van der Waals surface area contributed by atoms with Crippen LogP contribution in [0.3, 0.4) is 0 Å². The van der Waals surface area contributed by atoms with Crippen molar-refractivity contribution in [3.63, 3.8) is 0 Å². The third kappa shape index (κ3) is 4.03. The highest BCUT2D eigenvalue weighted by molar-refractivity contribution is 5.94. The van der Waals surface area contributed by atoms with Gasteiger partial charge in [-0.2, -0.15) is 4.80 Å². The quantitative estimate of drug-likeness (QED) is 0.699. The fourth-order valence-corrected chi connectivity index (χ4v) is 3.33. The molecule has 4 rings (SSSR count). The second kappa shape index (κ2) is 7.80. The lowest BCUT2D eigenvalue weighted by Crippen LogP contribution is -2.41. The number of hydrogen-bond acceptors (Lipinski definition) is 5. The zero-order chi connectivity index (χ0) is 19.5. The molecule has 1 aliphatic rings. The van der Waals surface area contributed by atoms with Gasteiger partial charge in [-0.25, -0.2) is 0 Å². The maximum atomic E-state index is 12.8. The largest absolute Gasteiger partial charge is 0.490 e. The van der Waals surface area contributed by atoms with Gasteiger partial charge in [-0.15, -0.1) is 10.2 Å². The monoisotopic (exact) mass is 377 g/mol. The van der Waals surface area contributed by atoms with Crippen LogP contribution in [0.2, 0.25) is 0 Å². The third-order valence-electron chi connectivity index (χ3n) is 4.95. The number of aryl methyl sites for hydroxylation is 2. The van der Waals surface area contributed by atoms with Crippen LogP contribution in [-0.2, 0) is 7.05 Å². The molecular formula is C21H23N5O2. The average Bonchev–Trinajstić information content (AvgIpc) is 3.16. The minimum absolute atomic E-state index is 0.0486. The summed E-state index contributed by atoms with van der Waals surface area (Å²) in [6, 6.07) is 15.5. The predicted octanol–water partition coefficient (Wildman–Crippen LogP) is 2.87. The molecule has 2 aromatic carbocycles. The maximum Gasteiger partial charge on any atom is 0.253 e. The number of aromatic nitrogens is 4. The molecule has 0 radical (unpaired) electrons. The first kappa shape index (κ1) is 18.2. The topological polar surface area (TPSA) is 73.1 Å². The Kier molecular flexibility index (Phi) is 5.06. The van der Waals surface area contributed by atoms with Crippen molar-refractivity contribution in [2.24, 2.45) is 7.05 Å². The second-order valence-electron chi connectivity index (χ2n) is 7.10. The maximum absolute atomic E-state index is 12.8. The number of tetrazole rings is 1. The van der Waals surface area contributed by atoms with E-state index in [9.17, 15) is 4.79 Å². The SMILES string of the molecule is Cc1ccc(OC2CCN(C(=O)c3ccc(-c4nnn(C)n4)cc3)CC2)cc1. The van der Waals surface area contributed by atoms with E-state index in [2.05, 4.69) is 22.3 Å². The molecule has 0 N–H and O–H groups in total. The summed E-state index contributed by atoms with van der Waals surface area (Å²) in [6.45, 7) is 3.45. The number of nitrogens with zero attached hydrogens (tertiary/aromatic N) is 5. The molecule has 1 fully saturated rings. The van der Waals surface area contributed by atoms with Crippen molar-refractivity contribution in [1.29, 1.82) is 0 Å². The number of benzene rings is 2. The molecule has 3 aromatic rings. The van der Waals surface area contributed by atoms with Gasteiger partial charge in [-0.3, -0.25) is 4.79 Å². The minimum Gasteiger partial charge on any atom is -0.490 e. The molecule has 0 bridgehead atoms. The first-order valence-electron chi connectivity index (χ1n) is 9.45. The molecule has 7 heteroatoms. The summed E-state index contributed by atoms with van der Waals surface area (Å²) in [5, 5.41) is 12.0. The van der Waals surface area contributed by atoms with Gasteiger partial charge in [0, 0.05) is 37.1 Å². The summed E-state index contributed by atoms with van der Waals surface area (Å²) in [5.41, 5.74) is 2.73. The molecular weight excluding hydrogens is 354 g/mol. The smallest absolute Gasteiger partial charge is 0.253 e. The zero-order valence-corrected chi connectivity index (χ0v) is 16.1. The van der Waals surface area contributed by atoms with Crippen LogP contribution in [0, 0.1) is 6.92 Å². The number of carbonyl (C=O) groups excluding carboxylic acids is 1. The molecule has 144 valence electrons. The van der Waals surface area contributed by atoms with Crippen LogP contribution in [0.4, 0.5) is 0 Å². The van der Waals surface area contributed by atoms with Crippen LogP contribution < -0.4 is 4.74 Å². The summed E-state index contributed by atoms with van der Waals surface area (Å²) >= 11 is 0. The Balaban J connectivity index is 1.34. The Morgan fingerprint density at radius 3 is 2.32 bits per heavy atom. The van der Waals surface area contributed by atoms with Crippen molar-refractivity contribution in [3.05, 3.63) is 59.7 Å². The number of amides is 1. The number of hydrogen-bond donors (Lipinski definition) is 0. The molecule has 0 unspecified atom stereocenters. The van der Waals surface area contributed by atoms with E-state index in [1.54, 1.807) is 7.05 Å². The van der Waals surface area contributed by atoms with Crippen LogP contribution in [0.25, 0.3) is 11.4 Å². The van der Waals surface area contributed by atoms with Gasteiger partial charge in [0.15, 0.2) is 0 Å². The molecule has 2 heterocycles. The van der Waals surface area contributed by atoms with Crippen LogP contribution >= 0.6 is 0 Å². The van der Waals surface area contributed by atoms with Gasteiger partial charge in [0.25, 0.3) is 5.91 Å². The molecule has 28 heavy (non-hydrogen) atoms. The van der Waals surface area contributed by atoms with Crippen LogP contribution in [0.1, 0.15) is 28.8 Å². The summed E-state index contributed by atoms with van der Waals surface area (Å²) in [6.07, 6.45) is 1.82. The number of ether oxygens (including phenoxy) is 1. The van der Waals surface area contributed by atoms with Crippen molar-refractivity contribution in [2.75, 3.05) is 13.1 Å². The number of carbonyl (C=O) groups is 1. The van der Waals surface area contributed by atoms with E-state index < -0.39 is 0 Å². The Morgan fingerprint density at radius 1 is 1.04 bits per heavy atom. The van der Waals surface area contributed by atoms with E-state index in [4.69, 9.17) is 4.74 Å². The molecule has 0 spiro atoms. The molecule has 1 aliphatic heterocycles. The van der Waals surface area contributed by atoms with E-state index in [1.165, 1.54) is 10.4 Å². The van der Waals surface area contributed by atoms with Crippen LogP contribution in [-0.4, -0.2) is 50.2 Å². The minimum atomic E-state index is 0.0486. The standard InChI is InChI=1S/C21H23N5O2/c1-15-3-9-18(10-4-15)28-19-11-13-26(14-12-19)21(27)17-7-5-16(6-8-17)20-22-24-25(2)23-20/h3-10,19H,11-14H2,1-2H3. The number of rotatable bonds is 4. The highest BCUT2D eigenvalue weighted by atomic mass is 16.5. The highest BCUT2D eigenvalue weighted by Gasteiger charge is 2.24. The number of likely N-dealkylation sites (tertiary alicyclic amines) is 1. The summed E-state index contributed by atoms with van der Waals surface area (Å²) < 4.78 is 6.05. The molecule has 0 saturated carbocycles. The Bertz CT molecular complexity index is 942. The Hall–Kier alpha value is -3.22. The lowest BCUT2D eigenvalue weighted by atomic mass is 10.1. The van der Waals surface area contributed by atoms with Crippen LogP contribution in [0.5, 0.6) is 5.75 Å².